The molecule has 0 aliphatic rings. The predicted molar refractivity (Wildman–Crippen MR) is 145 cm³/mol. The SMILES string of the molecule is CC(C)N(CCOC(Cn1nc(-c2ccccc2)cc1-c1ccccc1)c1ccccc1)C(C)C. The van der Waals surface area contributed by atoms with Gasteiger partial charge in [-0.15, -0.1) is 0 Å². The molecule has 4 heteroatoms. The summed E-state index contributed by atoms with van der Waals surface area (Å²) in [4.78, 5) is 2.47. The molecule has 1 heterocycles. The van der Waals surface area contributed by atoms with Crippen molar-refractivity contribution in [2.75, 3.05) is 13.2 Å². The summed E-state index contributed by atoms with van der Waals surface area (Å²) >= 11 is 0. The molecule has 0 N–H and O–H groups in total. The second-order valence-electron chi connectivity index (χ2n) is 9.52. The number of aromatic nitrogens is 2. The van der Waals surface area contributed by atoms with Gasteiger partial charge in [-0.05, 0) is 44.9 Å². The molecular weight excluding hydrogens is 430 g/mol. The van der Waals surface area contributed by atoms with Gasteiger partial charge in [0.15, 0.2) is 0 Å². The summed E-state index contributed by atoms with van der Waals surface area (Å²) in [6, 6.07) is 34.5. The quantitative estimate of drug-likeness (QED) is 0.236. The Balaban J connectivity index is 1.63. The molecule has 3 aromatic carbocycles. The number of hydrogen-bond acceptors (Lipinski definition) is 3. The molecular formula is C31H37N3O. The minimum atomic E-state index is -0.0941. The smallest absolute Gasteiger partial charge is 0.102 e. The van der Waals surface area contributed by atoms with E-state index in [9.17, 15) is 0 Å². The summed E-state index contributed by atoms with van der Waals surface area (Å²) in [5.74, 6) is 0. The summed E-state index contributed by atoms with van der Waals surface area (Å²) < 4.78 is 8.68. The first-order valence-corrected chi connectivity index (χ1v) is 12.6. The minimum Gasteiger partial charge on any atom is -0.370 e. The van der Waals surface area contributed by atoms with Crippen LogP contribution in [0.15, 0.2) is 97.1 Å². The Morgan fingerprint density at radius 3 is 1.86 bits per heavy atom. The fraction of sp³-hybridized carbons (Fsp3) is 0.323. The number of ether oxygens (including phenoxy) is 1. The third-order valence-electron chi connectivity index (χ3n) is 6.42. The molecule has 0 saturated carbocycles. The largest absolute Gasteiger partial charge is 0.370 e. The van der Waals surface area contributed by atoms with Gasteiger partial charge < -0.3 is 4.74 Å². The molecule has 4 nitrogen and oxygen atoms in total. The van der Waals surface area contributed by atoms with Crippen LogP contribution in [0.2, 0.25) is 0 Å². The Hall–Kier alpha value is -3.21. The molecule has 0 amide bonds. The summed E-state index contributed by atoms with van der Waals surface area (Å²) in [6.07, 6.45) is -0.0941. The van der Waals surface area contributed by atoms with Gasteiger partial charge in [-0.1, -0.05) is 91.0 Å². The maximum absolute atomic E-state index is 6.57. The zero-order valence-electron chi connectivity index (χ0n) is 21.3. The maximum Gasteiger partial charge on any atom is 0.102 e. The van der Waals surface area contributed by atoms with Crippen molar-refractivity contribution in [3.63, 3.8) is 0 Å². The number of rotatable bonds is 11. The van der Waals surface area contributed by atoms with Crippen LogP contribution in [-0.2, 0) is 11.3 Å². The summed E-state index contributed by atoms with van der Waals surface area (Å²) in [6.45, 7) is 11.2. The van der Waals surface area contributed by atoms with Crippen LogP contribution in [0.25, 0.3) is 22.5 Å². The van der Waals surface area contributed by atoms with Crippen molar-refractivity contribution in [1.82, 2.24) is 14.7 Å². The third-order valence-corrected chi connectivity index (χ3v) is 6.42. The van der Waals surface area contributed by atoms with Crippen LogP contribution in [0.3, 0.4) is 0 Å². The van der Waals surface area contributed by atoms with E-state index in [1.165, 1.54) is 5.56 Å². The van der Waals surface area contributed by atoms with Crippen molar-refractivity contribution < 1.29 is 4.74 Å². The first-order valence-electron chi connectivity index (χ1n) is 12.6. The van der Waals surface area contributed by atoms with E-state index in [-0.39, 0.29) is 6.10 Å². The van der Waals surface area contributed by atoms with E-state index in [4.69, 9.17) is 9.84 Å². The molecule has 0 fully saturated rings. The van der Waals surface area contributed by atoms with Crippen LogP contribution >= 0.6 is 0 Å². The van der Waals surface area contributed by atoms with Crippen LogP contribution in [0.4, 0.5) is 0 Å². The first kappa shape index (κ1) is 24.9. The lowest BCUT2D eigenvalue weighted by molar-refractivity contribution is 0.0141. The molecule has 1 atom stereocenters. The highest BCUT2D eigenvalue weighted by molar-refractivity contribution is 5.68. The average molecular weight is 468 g/mol. The fourth-order valence-corrected chi connectivity index (χ4v) is 4.64. The van der Waals surface area contributed by atoms with Gasteiger partial charge in [0.1, 0.15) is 6.10 Å². The topological polar surface area (TPSA) is 30.3 Å². The monoisotopic (exact) mass is 467 g/mol. The van der Waals surface area contributed by atoms with E-state index in [1.54, 1.807) is 0 Å². The Labute approximate surface area is 210 Å². The third kappa shape index (κ3) is 6.47. The number of benzene rings is 3. The van der Waals surface area contributed by atoms with Crippen molar-refractivity contribution >= 4 is 0 Å². The lowest BCUT2D eigenvalue weighted by Crippen LogP contribution is -2.39. The zero-order valence-corrected chi connectivity index (χ0v) is 21.3. The number of nitrogens with zero attached hydrogens (tertiary/aromatic N) is 3. The Bertz CT molecular complexity index is 1150. The van der Waals surface area contributed by atoms with E-state index in [1.807, 2.05) is 12.1 Å². The van der Waals surface area contributed by atoms with Crippen molar-refractivity contribution in [1.29, 1.82) is 0 Å². The lowest BCUT2D eigenvalue weighted by Gasteiger charge is -2.31. The molecule has 35 heavy (non-hydrogen) atoms. The van der Waals surface area contributed by atoms with Crippen molar-refractivity contribution in [3.05, 3.63) is 103 Å². The molecule has 0 spiro atoms. The lowest BCUT2D eigenvalue weighted by atomic mass is 10.1. The summed E-state index contributed by atoms with van der Waals surface area (Å²) in [7, 11) is 0. The maximum atomic E-state index is 6.57. The highest BCUT2D eigenvalue weighted by Crippen LogP contribution is 2.29. The standard InChI is InChI=1S/C31H37N3O/c1-24(2)33(25(3)4)20-21-35-31(28-18-12-7-13-19-28)23-34-30(27-16-10-6-11-17-27)22-29(32-34)26-14-8-5-9-15-26/h5-19,22,24-25,31H,20-21,23H2,1-4H3. The highest BCUT2D eigenvalue weighted by Gasteiger charge is 2.20. The van der Waals surface area contributed by atoms with Crippen molar-refractivity contribution in [2.45, 2.75) is 52.4 Å². The van der Waals surface area contributed by atoms with E-state index >= 15 is 0 Å². The van der Waals surface area contributed by atoms with Crippen LogP contribution in [0.5, 0.6) is 0 Å². The molecule has 182 valence electrons. The van der Waals surface area contributed by atoms with E-state index in [0.717, 1.165) is 29.1 Å². The van der Waals surface area contributed by atoms with Gasteiger partial charge in [0, 0.05) is 24.2 Å². The molecule has 0 aliphatic heterocycles. The molecule has 0 aliphatic carbocycles. The second-order valence-corrected chi connectivity index (χ2v) is 9.52. The van der Waals surface area contributed by atoms with Gasteiger partial charge in [-0.25, -0.2) is 0 Å². The molecule has 0 saturated heterocycles. The van der Waals surface area contributed by atoms with Crippen LogP contribution in [-0.4, -0.2) is 39.9 Å². The molecule has 1 unspecified atom stereocenters. The molecule has 0 radical (unpaired) electrons. The van der Waals surface area contributed by atoms with E-state index in [0.29, 0.717) is 25.2 Å². The minimum absolute atomic E-state index is 0.0941. The van der Waals surface area contributed by atoms with Gasteiger partial charge in [-0.3, -0.25) is 9.58 Å². The number of hydrogen-bond donors (Lipinski definition) is 0. The van der Waals surface area contributed by atoms with Gasteiger partial charge in [-0.2, -0.15) is 5.10 Å². The van der Waals surface area contributed by atoms with E-state index < -0.39 is 0 Å². The zero-order chi connectivity index (χ0) is 24.6. The molecule has 4 aromatic rings. The normalized spacial score (nSPS) is 12.5. The summed E-state index contributed by atoms with van der Waals surface area (Å²) in [5, 5.41) is 5.05. The van der Waals surface area contributed by atoms with Crippen LogP contribution in [0, 0.1) is 0 Å². The first-order chi connectivity index (χ1) is 17.0. The Morgan fingerprint density at radius 1 is 0.743 bits per heavy atom. The van der Waals surface area contributed by atoms with E-state index in [2.05, 4.69) is 122 Å². The van der Waals surface area contributed by atoms with Gasteiger partial charge in [0.25, 0.3) is 0 Å². The van der Waals surface area contributed by atoms with Crippen molar-refractivity contribution in [3.8, 4) is 22.5 Å². The molecule has 4 rings (SSSR count). The van der Waals surface area contributed by atoms with Gasteiger partial charge in [0.05, 0.1) is 24.5 Å². The Morgan fingerprint density at radius 2 is 1.29 bits per heavy atom. The molecule has 1 aromatic heterocycles. The predicted octanol–water partition coefficient (Wildman–Crippen LogP) is 7.09. The average Bonchev–Trinajstić information content (AvgIpc) is 3.31. The van der Waals surface area contributed by atoms with Crippen LogP contribution < -0.4 is 0 Å². The highest BCUT2D eigenvalue weighted by atomic mass is 16.5. The fourth-order valence-electron chi connectivity index (χ4n) is 4.64. The van der Waals surface area contributed by atoms with Gasteiger partial charge in [0.2, 0.25) is 0 Å². The second kappa shape index (κ2) is 12.0. The molecule has 0 bridgehead atoms. The van der Waals surface area contributed by atoms with Crippen molar-refractivity contribution in [2.24, 2.45) is 0 Å². The Kier molecular flexibility index (Phi) is 8.51. The van der Waals surface area contributed by atoms with Gasteiger partial charge >= 0.3 is 0 Å². The summed E-state index contributed by atoms with van der Waals surface area (Å²) in [5.41, 5.74) is 5.51. The van der Waals surface area contributed by atoms with Crippen LogP contribution in [0.1, 0.15) is 39.4 Å².